The number of piperazine rings is 1. The first-order valence-electron chi connectivity index (χ1n) is 8.09. The van der Waals surface area contributed by atoms with Crippen molar-refractivity contribution < 1.29 is 18.0 Å². The molecule has 0 atom stereocenters. The zero-order chi connectivity index (χ0) is 19.4. The van der Waals surface area contributed by atoms with Crippen LogP contribution in [0.4, 0.5) is 0 Å². The molecule has 0 aromatic carbocycles. The molecule has 0 unspecified atom stereocenters. The lowest BCUT2D eigenvalue weighted by atomic mass is 10.3. The van der Waals surface area contributed by atoms with Crippen LogP contribution in [-0.4, -0.2) is 67.1 Å². The van der Waals surface area contributed by atoms with Crippen molar-refractivity contribution in [3.8, 4) is 0 Å². The van der Waals surface area contributed by atoms with Crippen molar-refractivity contribution in [1.29, 1.82) is 0 Å². The summed E-state index contributed by atoms with van der Waals surface area (Å²) >= 11 is 6.98. The Morgan fingerprint density at radius 2 is 1.96 bits per heavy atom. The van der Waals surface area contributed by atoms with E-state index in [4.69, 9.17) is 11.6 Å². The number of thiophene rings is 1. The molecule has 0 saturated carbocycles. The molecule has 3 rings (SSSR count). The maximum Gasteiger partial charge on any atom is 0.270 e. The number of aromatic nitrogens is 1. The van der Waals surface area contributed by atoms with Gasteiger partial charge in [0.1, 0.15) is 9.90 Å². The van der Waals surface area contributed by atoms with Gasteiger partial charge in [0.2, 0.25) is 5.91 Å². The Kier molecular flexibility index (Phi) is 6.10. The van der Waals surface area contributed by atoms with Crippen LogP contribution in [0.25, 0.3) is 0 Å². The van der Waals surface area contributed by atoms with Gasteiger partial charge in [0, 0.05) is 37.4 Å². The molecule has 2 aromatic heterocycles. The molecule has 1 N–H and O–H groups in total. The molecule has 0 radical (unpaired) electrons. The molecule has 2 amide bonds. The van der Waals surface area contributed by atoms with Crippen LogP contribution in [0, 0.1) is 0 Å². The van der Waals surface area contributed by atoms with Gasteiger partial charge < -0.3 is 10.2 Å². The molecule has 1 aliphatic rings. The van der Waals surface area contributed by atoms with Gasteiger partial charge in [-0.3, -0.25) is 14.6 Å². The van der Waals surface area contributed by atoms with E-state index in [1.54, 1.807) is 23.6 Å². The van der Waals surface area contributed by atoms with Crippen LogP contribution in [0.3, 0.4) is 0 Å². The van der Waals surface area contributed by atoms with Gasteiger partial charge in [0.15, 0.2) is 0 Å². The van der Waals surface area contributed by atoms with Gasteiger partial charge in [-0.25, -0.2) is 8.42 Å². The van der Waals surface area contributed by atoms with E-state index in [0.29, 0.717) is 9.23 Å². The van der Waals surface area contributed by atoms with E-state index in [9.17, 15) is 18.0 Å². The van der Waals surface area contributed by atoms with Crippen molar-refractivity contribution in [3.63, 3.8) is 0 Å². The molecule has 0 spiro atoms. The fraction of sp³-hybridized carbons (Fsp3) is 0.312. The first kappa shape index (κ1) is 19.7. The summed E-state index contributed by atoms with van der Waals surface area (Å²) in [5.41, 5.74) is 0.127. The number of carbonyl (C=O) groups is 2. The first-order valence-corrected chi connectivity index (χ1v) is 10.8. The minimum Gasteiger partial charge on any atom is -0.342 e. The Morgan fingerprint density at radius 3 is 2.59 bits per heavy atom. The highest BCUT2D eigenvalue weighted by Gasteiger charge is 2.30. The molecule has 3 heterocycles. The maximum atomic E-state index is 12.5. The summed E-state index contributed by atoms with van der Waals surface area (Å²) in [6.07, 6.45) is 1.41. The summed E-state index contributed by atoms with van der Waals surface area (Å²) < 4.78 is 26.6. The molecule has 144 valence electrons. The number of halogens is 1. The van der Waals surface area contributed by atoms with E-state index in [-0.39, 0.29) is 44.3 Å². The van der Waals surface area contributed by atoms with Crippen molar-refractivity contribution in [2.24, 2.45) is 0 Å². The normalized spacial score (nSPS) is 15.5. The summed E-state index contributed by atoms with van der Waals surface area (Å²) in [7, 11) is -3.51. The highest BCUT2D eigenvalue weighted by Crippen LogP contribution is 2.22. The molecular formula is C16H17ClN4O4S2. The van der Waals surface area contributed by atoms with E-state index >= 15 is 0 Å². The van der Waals surface area contributed by atoms with Gasteiger partial charge >= 0.3 is 0 Å². The fourth-order valence-corrected chi connectivity index (χ4v) is 5.33. The van der Waals surface area contributed by atoms with Gasteiger partial charge in [-0.15, -0.1) is 11.3 Å². The van der Waals surface area contributed by atoms with Crippen LogP contribution in [-0.2, 0) is 14.8 Å². The Hall–Kier alpha value is -2.01. The molecule has 0 bridgehead atoms. The molecule has 1 saturated heterocycles. The molecule has 1 fully saturated rings. The molecule has 11 heteroatoms. The number of amides is 2. The van der Waals surface area contributed by atoms with Crippen LogP contribution < -0.4 is 5.32 Å². The molecule has 27 heavy (non-hydrogen) atoms. The Balaban J connectivity index is 1.51. The van der Waals surface area contributed by atoms with Crippen LogP contribution in [0.2, 0.25) is 5.02 Å². The number of rotatable bonds is 5. The Morgan fingerprint density at radius 1 is 1.22 bits per heavy atom. The van der Waals surface area contributed by atoms with Crippen LogP contribution in [0.5, 0.6) is 0 Å². The SMILES string of the molecule is O=C(NCC(=O)N1CCN(S(=O)(=O)c2cccs2)CC1)c1cc(Cl)ccn1. The predicted molar refractivity (Wildman–Crippen MR) is 101 cm³/mol. The van der Waals surface area contributed by atoms with Crippen LogP contribution in [0.15, 0.2) is 40.1 Å². The molecule has 2 aromatic rings. The van der Waals surface area contributed by atoms with E-state index in [2.05, 4.69) is 10.3 Å². The Labute approximate surface area is 165 Å². The minimum absolute atomic E-state index is 0.127. The van der Waals surface area contributed by atoms with E-state index in [1.807, 2.05) is 0 Å². The minimum atomic E-state index is -3.51. The standard InChI is InChI=1S/C16H17ClN4O4S2/c17-12-3-4-18-13(10-12)16(23)19-11-14(22)20-5-7-21(8-6-20)27(24,25)15-2-1-9-26-15/h1-4,9-10H,5-8,11H2,(H,19,23). The second-order valence-corrected chi connectivity index (χ2v) is 9.31. The average molecular weight is 429 g/mol. The number of carbonyl (C=O) groups excluding carboxylic acids is 2. The van der Waals surface area contributed by atoms with Gasteiger partial charge in [-0.2, -0.15) is 4.31 Å². The third-order valence-corrected chi connectivity index (χ3v) is 7.54. The van der Waals surface area contributed by atoms with Crippen molar-refractivity contribution in [1.82, 2.24) is 19.5 Å². The summed E-state index contributed by atoms with van der Waals surface area (Å²) in [5, 5.41) is 4.60. The number of nitrogens with zero attached hydrogens (tertiary/aromatic N) is 3. The lowest BCUT2D eigenvalue weighted by Gasteiger charge is -2.33. The van der Waals surface area contributed by atoms with Crippen molar-refractivity contribution in [3.05, 3.63) is 46.6 Å². The lowest BCUT2D eigenvalue weighted by molar-refractivity contribution is -0.131. The highest BCUT2D eigenvalue weighted by molar-refractivity contribution is 7.91. The maximum absolute atomic E-state index is 12.5. The third-order valence-electron chi connectivity index (χ3n) is 4.04. The second-order valence-electron chi connectivity index (χ2n) is 5.76. The van der Waals surface area contributed by atoms with Crippen molar-refractivity contribution >= 4 is 44.8 Å². The smallest absolute Gasteiger partial charge is 0.270 e. The topological polar surface area (TPSA) is 99.7 Å². The monoisotopic (exact) mass is 428 g/mol. The van der Waals surface area contributed by atoms with Crippen LogP contribution in [0.1, 0.15) is 10.5 Å². The van der Waals surface area contributed by atoms with Gasteiger partial charge in [0.25, 0.3) is 15.9 Å². The third kappa shape index (κ3) is 4.64. The quantitative estimate of drug-likeness (QED) is 0.767. The summed E-state index contributed by atoms with van der Waals surface area (Å²) in [4.78, 5) is 29.7. The fourth-order valence-electron chi connectivity index (χ4n) is 2.60. The lowest BCUT2D eigenvalue weighted by Crippen LogP contribution is -2.52. The molecule has 1 aliphatic heterocycles. The van der Waals surface area contributed by atoms with Crippen molar-refractivity contribution in [2.45, 2.75) is 4.21 Å². The van der Waals surface area contributed by atoms with Crippen LogP contribution >= 0.6 is 22.9 Å². The van der Waals surface area contributed by atoms with Crippen molar-refractivity contribution in [2.75, 3.05) is 32.7 Å². The highest BCUT2D eigenvalue weighted by atomic mass is 35.5. The number of pyridine rings is 1. The number of sulfonamides is 1. The molecule has 8 nitrogen and oxygen atoms in total. The number of nitrogens with one attached hydrogen (secondary N) is 1. The van der Waals surface area contributed by atoms with E-state index in [0.717, 1.165) is 0 Å². The molecular weight excluding hydrogens is 412 g/mol. The van der Waals surface area contributed by atoms with Gasteiger partial charge in [0.05, 0.1) is 6.54 Å². The predicted octanol–water partition coefficient (Wildman–Crippen LogP) is 1.06. The van der Waals surface area contributed by atoms with E-state index in [1.165, 1.54) is 32.8 Å². The van der Waals surface area contributed by atoms with Gasteiger partial charge in [-0.05, 0) is 23.6 Å². The number of hydrogen-bond acceptors (Lipinski definition) is 6. The summed E-state index contributed by atoms with van der Waals surface area (Å²) in [6, 6.07) is 6.22. The van der Waals surface area contributed by atoms with Gasteiger partial charge in [-0.1, -0.05) is 17.7 Å². The summed E-state index contributed by atoms with van der Waals surface area (Å²) in [6.45, 7) is 0.791. The zero-order valence-corrected chi connectivity index (χ0v) is 16.6. The summed E-state index contributed by atoms with van der Waals surface area (Å²) in [5.74, 6) is -0.775. The molecule has 0 aliphatic carbocycles. The Bertz CT molecular complexity index is 926. The average Bonchev–Trinajstić information content (AvgIpc) is 3.21. The largest absolute Gasteiger partial charge is 0.342 e. The number of hydrogen-bond donors (Lipinski definition) is 1. The first-order chi connectivity index (χ1) is 12.9. The van der Waals surface area contributed by atoms with E-state index < -0.39 is 15.9 Å². The second kappa shape index (κ2) is 8.34. The zero-order valence-electron chi connectivity index (χ0n) is 14.2.